The Morgan fingerprint density at radius 2 is 2.23 bits per heavy atom. The number of ether oxygens (including phenoxy) is 1. The van der Waals surface area contributed by atoms with Crippen LogP contribution in [0.25, 0.3) is 0 Å². The molecule has 2 saturated heterocycles. The molecule has 22 heavy (non-hydrogen) atoms. The minimum atomic E-state index is 0.132. The molecule has 4 nitrogen and oxygen atoms in total. The third kappa shape index (κ3) is 3.87. The first kappa shape index (κ1) is 15.9. The molecule has 2 fully saturated rings. The third-order valence-electron chi connectivity index (χ3n) is 4.47. The zero-order valence-corrected chi connectivity index (χ0v) is 14.1. The van der Waals surface area contributed by atoms with Crippen molar-refractivity contribution in [2.24, 2.45) is 0 Å². The highest BCUT2D eigenvalue weighted by Crippen LogP contribution is 2.33. The van der Waals surface area contributed by atoms with Gasteiger partial charge in [-0.15, -0.1) is 11.8 Å². The predicted octanol–water partition coefficient (Wildman–Crippen LogP) is 3.55. The SMILES string of the molecule is Cc1ccc([C@H]2CCCN2C(=O)CSC[C@H]2CCCCO2)o1. The lowest BCUT2D eigenvalue weighted by Crippen LogP contribution is -2.32. The van der Waals surface area contributed by atoms with Gasteiger partial charge in [0.1, 0.15) is 11.5 Å². The number of rotatable bonds is 5. The number of carbonyl (C=O) groups is 1. The first-order valence-electron chi connectivity index (χ1n) is 8.29. The van der Waals surface area contributed by atoms with Crippen molar-refractivity contribution < 1.29 is 13.9 Å². The molecule has 3 rings (SSSR count). The van der Waals surface area contributed by atoms with Crippen molar-refractivity contribution in [3.63, 3.8) is 0 Å². The van der Waals surface area contributed by atoms with E-state index in [9.17, 15) is 4.79 Å². The van der Waals surface area contributed by atoms with Crippen LogP contribution in [-0.4, -0.2) is 41.6 Å². The second-order valence-corrected chi connectivity index (χ2v) is 7.23. The van der Waals surface area contributed by atoms with E-state index in [1.54, 1.807) is 11.8 Å². The highest BCUT2D eigenvalue weighted by molar-refractivity contribution is 7.99. The summed E-state index contributed by atoms with van der Waals surface area (Å²) in [4.78, 5) is 14.5. The second-order valence-electron chi connectivity index (χ2n) is 6.20. The molecule has 3 heterocycles. The Labute approximate surface area is 136 Å². The van der Waals surface area contributed by atoms with Crippen LogP contribution in [-0.2, 0) is 9.53 Å². The van der Waals surface area contributed by atoms with Crippen molar-refractivity contribution >= 4 is 17.7 Å². The third-order valence-corrected chi connectivity index (χ3v) is 5.52. The van der Waals surface area contributed by atoms with Gasteiger partial charge in [-0.05, 0) is 51.2 Å². The number of hydrogen-bond acceptors (Lipinski definition) is 4. The van der Waals surface area contributed by atoms with Crippen molar-refractivity contribution in [3.8, 4) is 0 Å². The molecule has 122 valence electrons. The molecule has 0 saturated carbocycles. The van der Waals surface area contributed by atoms with E-state index in [2.05, 4.69) is 0 Å². The molecular formula is C17H25NO3S. The smallest absolute Gasteiger partial charge is 0.233 e. The molecule has 2 aliphatic heterocycles. The van der Waals surface area contributed by atoms with Gasteiger partial charge in [-0.25, -0.2) is 0 Å². The molecule has 1 amide bonds. The Morgan fingerprint density at radius 3 is 2.95 bits per heavy atom. The molecule has 5 heteroatoms. The molecule has 0 radical (unpaired) electrons. The van der Waals surface area contributed by atoms with Crippen LogP contribution in [0.4, 0.5) is 0 Å². The van der Waals surface area contributed by atoms with Crippen LogP contribution in [0.1, 0.15) is 49.7 Å². The predicted molar refractivity (Wildman–Crippen MR) is 88.0 cm³/mol. The monoisotopic (exact) mass is 323 g/mol. The highest BCUT2D eigenvalue weighted by Gasteiger charge is 2.31. The van der Waals surface area contributed by atoms with Gasteiger partial charge in [0.2, 0.25) is 5.91 Å². The lowest BCUT2D eigenvalue weighted by molar-refractivity contribution is -0.129. The van der Waals surface area contributed by atoms with E-state index in [-0.39, 0.29) is 11.9 Å². The molecule has 0 spiro atoms. The zero-order valence-electron chi connectivity index (χ0n) is 13.3. The van der Waals surface area contributed by atoms with Crippen LogP contribution in [0.15, 0.2) is 16.5 Å². The fourth-order valence-electron chi connectivity index (χ4n) is 3.29. The topological polar surface area (TPSA) is 42.7 Å². The standard InChI is InChI=1S/C17H25NO3S/c1-13-7-8-16(21-13)15-6-4-9-18(15)17(19)12-22-11-14-5-2-3-10-20-14/h7-8,14-15H,2-6,9-12H2,1H3/t14-,15-/m1/s1. The molecule has 2 aliphatic rings. The summed E-state index contributed by atoms with van der Waals surface area (Å²) in [6.45, 7) is 3.68. The minimum Gasteiger partial charge on any atom is -0.464 e. The number of likely N-dealkylation sites (tertiary alicyclic amines) is 1. The highest BCUT2D eigenvalue weighted by atomic mass is 32.2. The van der Waals surface area contributed by atoms with Gasteiger partial charge in [-0.3, -0.25) is 4.79 Å². The Kier molecular flexibility index (Phi) is 5.47. The Morgan fingerprint density at radius 1 is 1.32 bits per heavy atom. The van der Waals surface area contributed by atoms with Gasteiger partial charge in [-0.2, -0.15) is 0 Å². The number of hydrogen-bond donors (Lipinski definition) is 0. The van der Waals surface area contributed by atoms with Crippen LogP contribution < -0.4 is 0 Å². The van der Waals surface area contributed by atoms with Gasteiger partial charge in [0.25, 0.3) is 0 Å². The van der Waals surface area contributed by atoms with Gasteiger partial charge < -0.3 is 14.1 Å². The van der Waals surface area contributed by atoms with Gasteiger partial charge >= 0.3 is 0 Å². The van der Waals surface area contributed by atoms with Crippen molar-refractivity contribution in [1.82, 2.24) is 4.90 Å². The summed E-state index contributed by atoms with van der Waals surface area (Å²) in [6.07, 6.45) is 5.98. The lowest BCUT2D eigenvalue weighted by Gasteiger charge is -2.24. The molecular weight excluding hydrogens is 298 g/mol. The Balaban J connectivity index is 1.48. The maximum absolute atomic E-state index is 12.5. The van der Waals surface area contributed by atoms with Crippen LogP contribution in [0.5, 0.6) is 0 Å². The summed E-state index contributed by atoms with van der Waals surface area (Å²) in [5.74, 6) is 3.57. The summed E-state index contributed by atoms with van der Waals surface area (Å²) in [5, 5.41) is 0. The molecule has 0 bridgehead atoms. The van der Waals surface area contributed by atoms with Gasteiger partial charge in [0.05, 0.1) is 17.9 Å². The van der Waals surface area contributed by atoms with Gasteiger partial charge in [0, 0.05) is 18.9 Å². The number of thioether (sulfide) groups is 1. The van der Waals surface area contributed by atoms with Crippen LogP contribution in [0.3, 0.4) is 0 Å². The Bertz CT molecular complexity index is 496. The van der Waals surface area contributed by atoms with Crippen molar-refractivity contribution in [2.45, 2.75) is 51.2 Å². The largest absolute Gasteiger partial charge is 0.464 e. The molecule has 0 aliphatic carbocycles. The first-order valence-corrected chi connectivity index (χ1v) is 9.44. The minimum absolute atomic E-state index is 0.132. The molecule has 0 N–H and O–H groups in total. The number of furan rings is 1. The lowest BCUT2D eigenvalue weighted by atomic mass is 10.1. The summed E-state index contributed by atoms with van der Waals surface area (Å²) in [6, 6.07) is 4.12. The summed E-state index contributed by atoms with van der Waals surface area (Å²) in [5.41, 5.74) is 0. The van der Waals surface area contributed by atoms with Gasteiger partial charge in [0.15, 0.2) is 0 Å². The summed E-state index contributed by atoms with van der Waals surface area (Å²) in [7, 11) is 0. The van der Waals surface area contributed by atoms with E-state index in [1.807, 2.05) is 24.0 Å². The molecule has 1 aromatic heterocycles. The summed E-state index contributed by atoms with van der Waals surface area (Å²) < 4.78 is 11.4. The average Bonchev–Trinajstić information content (AvgIpc) is 3.16. The number of carbonyl (C=O) groups excluding carboxylic acids is 1. The van der Waals surface area contributed by atoms with Gasteiger partial charge in [-0.1, -0.05) is 0 Å². The van der Waals surface area contributed by atoms with Crippen molar-refractivity contribution in [3.05, 3.63) is 23.7 Å². The van der Waals surface area contributed by atoms with Crippen molar-refractivity contribution in [2.75, 3.05) is 24.7 Å². The van der Waals surface area contributed by atoms with Crippen LogP contribution in [0.2, 0.25) is 0 Å². The molecule has 1 aromatic rings. The van der Waals surface area contributed by atoms with E-state index < -0.39 is 0 Å². The quantitative estimate of drug-likeness (QED) is 0.831. The fraction of sp³-hybridized carbons (Fsp3) is 0.706. The Hall–Kier alpha value is -0.940. The fourth-order valence-corrected chi connectivity index (χ4v) is 4.28. The number of amides is 1. The van der Waals surface area contributed by atoms with Crippen LogP contribution >= 0.6 is 11.8 Å². The molecule has 2 atom stereocenters. The maximum Gasteiger partial charge on any atom is 0.233 e. The van der Waals surface area contributed by atoms with E-state index in [0.717, 1.165) is 49.7 Å². The maximum atomic E-state index is 12.5. The van der Waals surface area contributed by atoms with Crippen molar-refractivity contribution in [1.29, 1.82) is 0 Å². The van der Waals surface area contributed by atoms with E-state index in [0.29, 0.717) is 11.9 Å². The van der Waals surface area contributed by atoms with E-state index >= 15 is 0 Å². The number of aryl methyl sites for hydroxylation is 1. The van der Waals surface area contributed by atoms with E-state index in [1.165, 1.54) is 12.8 Å². The summed E-state index contributed by atoms with van der Waals surface area (Å²) >= 11 is 1.71. The first-order chi connectivity index (χ1) is 10.7. The number of nitrogens with zero attached hydrogens (tertiary/aromatic N) is 1. The van der Waals surface area contributed by atoms with E-state index in [4.69, 9.17) is 9.15 Å². The average molecular weight is 323 g/mol. The van der Waals surface area contributed by atoms with Crippen LogP contribution in [0, 0.1) is 6.92 Å². The molecule has 0 unspecified atom stereocenters. The zero-order chi connectivity index (χ0) is 15.4. The second kappa shape index (κ2) is 7.55. The normalized spacial score (nSPS) is 25.6. The molecule has 0 aromatic carbocycles.